The van der Waals surface area contributed by atoms with Gasteiger partial charge in [-0.1, -0.05) is 29.8 Å². The van der Waals surface area contributed by atoms with E-state index in [9.17, 15) is 4.79 Å². The molecule has 0 spiro atoms. The molecule has 1 aromatic carbocycles. The lowest BCUT2D eigenvalue weighted by Gasteiger charge is -2.36. The summed E-state index contributed by atoms with van der Waals surface area (Å²) in [7, 11) is 0. The van der Waals surface area contributed by atoms with Gasteiger partial charge in [-0.3, -0.25) is 4.98 Å². The Morgan fingerprint density at radius 2 is 1.78 bits per heavy atom. The van der Waals surface area contributed by atoms with E-state index in [1.165, 1.54) is 0 Å². The third-order valence-corrected chi connectivity index (χ3v) is 6.12. The number of para-hydroxylation sites is 1. The molecule has 4 heterocycles. The molecule has 0 radical (unpaired) electrons. The molecule has 1 fully saturated rings. The number of ether oxygens (including phenoxy) is 1. The van der Waals surface area contributed by atoms with Crippen LogP contribution in [0.15, 0.2) is 61.1 Å². The summed E-state index contributed by atoms with van der Waals surface area (Å²) >= 11 is 6.57. The van der Waals surface area contributed by atoms with Crippen LogP contribution >= 0.6 is 11.6 Å². The van der Waals surface area contributed by atoms with Crippen molar-refractivity contribution in [3.63, 3.8) is 0 Å². The number of amides is 1. The number of hydrogen-bond donors (Lipinski definition) is 1. The molecule has 37 heavy (non-hydrogen) atoms. The monoisotopic (exact) mass is 517 g/mol. The normalized spacial score (nSPS) is 14.1. The highest BCUT2D eigenvalue weighted by Crippen LogP contribution is 2.33. The molecule has 0 saturated carbocycles. The minimum absolute atomic E-state index is 0.308. The molecular weight excluding hydrogens is 490 g/mol. The molecule has 190 valence electrons. The molecule has 5 rings (SSSR count). The van der Waals surface area contributed by atoms with E-state index in [0.717, 1.165) is 16.6 Å². The second kappa shape index (κ2) is 10.2. The quantitative estimate of drug-likeness (QED) is 0.377. The number of fused-ring (bicyclic) bond motifs is 1. The molecule has 0 aliphatic carbocycles. The van der Waals surface area contributed by atoms with Crippen LogP contribution in [0.5, 0.6) is 0 Å². The first kappa shape index (κ1) is 24.7. The second-order valence-electron chi connectivity index (χ2n) is 9.76. The highest BCUT2D eigenvalue weighted by atomic mass is 35.5. The molecule has 1 aliphatic rings. The topological polar surface area (TPSA) is 96.4 Å². The minimum Gasteiger partial charge on any atom is -0.444 e. The first-order valence-electron chi connectivity index (χ1n) is 12.1. The van der Waals surface area contributed by atoms with E-state index in [0.29, 0.717) is 54.2 Å². The number of benzene rings is 1. The SMILES string of the molecule is CC(C)(C)OC(=O)N1CCN(c2nc(-c3ccnc(Nc4ccccc4)c3)nc3cncc(Cl)c23)CC1. The van der Waals surface area contributed by atoms with Crippen LogP contribution in [-0.4, -0.2) is 62.7 Å². The lowest BCUT2D eigenvalue weighted by Crippen LogP contribution is -2.50. The average molecular weight is 518 g/mol. The fourth-order valence-electron chi connectivity index (χ4n) is 4.12. The molecule has 1 aliphatic heterocycles. The summed E-state index contributed by atoms with van der Waals surface area (Å²) in [5.74, 6) is 1.94. The van der Waals surface area contributed by atoms with E-state index in [1.807, 2.05) is 63.2 Å². The molecule has 1 N–H and O–H groups in total. The van der Waals surface area contributed by atoms with Crippen molar-refractivity contribution in [1.29, 1.82) is 0 Å². The second-order valence-corrected chi connectivity index (χ2v) is 10.2. The maximum absolute atomic E-state index is 12.5. The Kier molecular flexibility index (Phi) is 6.80. The van der Waals surface area contributed by atoms with Crippen LogP contribution in [0.2, 0.25) is 5.02 Å². The molecule has 9 nitrogen and oxygen atoms in total. The number of nitrogens with zero attached hydrogens (tertiary/aromatic N) is 6. The van der Waals surface area contributed by atoms with Gasteiger partial charge in [-0.15, -0.1) is 0 Å². The number of aromatic nitrogens is 4. The van der Waals surface area contributed by atoms with Gasteiger partial charge in [0.05, 0.1) is 22.1 Å². The molecule has 4 aromatic rings. The van der Waals surface area contributed by atoms with Crippen LogP contribution < -0.4 is 10.2 Å². The van der Waals surface area contributed by atoms with E-state index in [4.69, 9.17) is 26.3 Å². The Balaban J connectivity index is 1.45. The summed E-state index contributed by atoms with van der Waals surface area (Å²) in [4.78, 5) is 34.8. The van der Waals surface area contributed by atoms with Crippen LogP contribution in [0.25, 0.3) is 22.3 Å². The van der Waals surface area contributed by atoms with E-state index < -0.39 is 5.60 Å². The number of carbonyl (C=O) groups is 1. The van der Waals surface area contributed by atoms with E-state index >= 15 is 0 Å². The van der Waals surface area contributed by atoms with Gasteiger partial charge < -0.3 is 19.9 Å². The fourth-order valence-corrected chi connectivity index (χ4v) is 4.36. The van der Waals surface area contributed by atoms with Crippen molar-refractivity contribution in [2.75, 3.05) is 36.4 Å². The molecule has 1 amide bonds. The smallest absolute Gasteiger partial charge is 0.410 e. The van der Waals surface area contributed by atoms with Crippen molar-refractivity contribution >= 4 is 45.9 Å². The summed E-state index contributed by atoms with van der Waals surface area (Å²) in [6.07, 6.45) is 4.71. The molecule has 1 saturated heterocycles. The maximum Gasteiger partial charge on any atom is 0.410 e. The third-order valence-electron chi connectivity index (χ3n) is 5.84. The van der Waals surface area contributed by atoms with Crippen LogP contribution in [0, 0.1) is 0 Å². The van der Waals surface area contributed by atoms with Gasteiger partial charge in [0.2, 0.25) is 0 Å². The van der Waals surface area contributed by atoms with Crippen molar-refractivity contribution in [1.82, 2.24) is 24.8 Å². The van der Waals surface area contributed by atoms with E-state index in [1.54, 1.807) is 23.5 Å². The van der Waals surface area contributed by atoms with Crippen LogP contribution in [0.4, 0.5) is 22.1 Å². The molecule has 0 atom stereocenters. The number of nitrogens with one attached hydrogen (secondary N) is 1. The zero-order valence-electron chi connectivity index (χ0n) is 21.0. The first-order valence-corrected chi connectivity index (χ1v) is 12.5. The standard InChI is InChI=1S/C27H28ClN7O2/c1-27(2,3)37-26(36)35-13-11-34(12-14-35)25-23-20(28)16-29-17-21(23)32-24(33-25)18-9-10-30-22(15-18)31-19-7-5-4-6-8-19/h4-10,15-17H,11-14H2,1-3H3,(H,30,31). The van der Waals surface area contributed by atoms with Crippen molar-refractivity contribution in [3.8, 4) is 11.4 Å². The van der Waals surface area contributed by atoms with Crippen molar-refractivity contribution < 1.29 is 9.53 Å². The van der Waals surface area contributed by atoms with Crippen molar-refractivity contribution in [2.45, 2.75) is 26.4 Å². The van der Waals surface area contributed by atoms with E-state index in [-0.39, 0.29) is 6.09 Å². The van der Waals surface area contributed by atoms with Gasteiger partial charge >= 0.3 is 6.09 Å². The minimum atomic E-state index is -0.536. The largest absolute Gasteiger partial charge is 0.444 e. The summed E-state index contributed by atoms with van der Waals surface area (Å²) in [6, 6.07) is 13.6. The highest BCUT2D eigenvalue weighted by Gasteiger charge is 2.28. The van der Waals surface area contributed by atoms with Gasteiger partial charge in [-0.05, 0) is 45.0 Å². The number of carbonyl (C=O) groups excluding carboxylic acids is 1. The zero-order chi connectivity index (χ0) is 26.0. The Labute approximate surface area is 220 Å². The number of hydrogen-bond acceptors (Lipinski definition) is 8. The summed E-state index contributed by atoms with van der Waals surface area (Å²) in [5.41, 5.74) is 1.86. The van der Waals surface area contributed by atoms with Gasteiger partial charge in [0.15, 0.2) is 5.82 Å². The van der Waals surface area contributed by atoms with Crippen LogP contribution in [-0.2, 0) is 4.74 Å². The predicted molar refractivity (Wildman–Crippen MR) is 145 cm³/mol. The lowest BCUT2D eigenvalue weighted by molar-refractivity contribution is 0.0240. The number of pyridine rings is 2. The molecule has 3 aromatic heterocycles. The van der Waals surface area contributed by atoms with Crippen LogP contribution in [0.3, 0.4) is 0 Å². The number of halogens is 1. The highest BCUT2D eigenvalue weighted by molar-refractivity contribution is 6.36. The lowest BCUT2D eigenvalue weighted by atomic mass is 10.2. The Morgan fingerprint density at radius 3 is 2.51 bits per heavy atom. The Morgan fingerprint density at radius 1 is 1.03 bits per heavy atom. The van der Waals surface area contributed by atoms with Gasteiger partial charge in [0.1, 0.15) is 17.2 Å². The van der Waals surface area contributed by atoms with Crippen molar-refractivity contribution in [3.05, 3.63) is 66.1 Å². The average Bonchev–Trinajstić information content (AvgIpc) is 2.88. The van der Waals surface area contributed by atoms with Gasteiger partial charge in [0.25, 0.3) is 0 Å². The van der Waals surface area contributed by atoms with E-state index in [2.05, 4.69) is 20.2 Å². The summed E-state index contributed by atoms with van der Waals surface area (Å²) in [5, 5.41) is 4.53. The Bertz CT molecular complexity index is 1420. The summed E-state index contributed by atoms with van der Waals surface area (Å²) in [6.45, 7) is 7.79. The number of rotatable bonds is 4. The Hall–Kier alpha value is -3.98. The van der Waals surface area contributed by atoms with Gasteiger partial charge in [-0.2, -0.15) is 0 Å². The predicted octanol–water partition coefficient (Wildman–Crippen LogP) is 5.54. The first-order chi connectivity index (χ1) is 17.8. The van der Waals surface area contributed by atoms with Gasteiger partial charge in [-0.25, -0.2) is 19.7 Å². The molecule has 10 heteroatoms. The third kappa shape index (κ3) is 5.72. The zero-order valence-corrected chi connectivity index (χ0v) is 21.7. The molecule has 0 unspecified atom stereocenters. The summed E-state index contributed by atoms with van der Waals surface area (Å²) < 4.78 is 5.54. The molecular formula is C27H28ClN7O2. The number of piperazine rings is 1. The van der Waals surface area contributed by atoms with Crippen LogP contribution in [0.1, 0.15) is 20.8 Å². The van der Waals surface area contributed by atoms with Gasteiger partial charge in [0, 0.05) is 49.8 Å². The maximum atomic E-state index is 12.5. The fraction of sp³-hybridized carbons (Fsp3) is 0.296. The molecule has 0 bridgehead atoms. The number of anilines is 3. The van der Waals surface area contributed by atoms with Crippen molar-refractivity contribution in [2.24, 2.45) is 0 Å².